The van der Waals surface area contributed by atoms with Crippen LogP contribution < -0.4 is 5.32 Å². The van der Waals surface area contributed by atoms with Crippen LogP contribution >= 0.6 is 0 Å². The second-order valence-corrected chi connectivity index (χ2v) is 8.08. The summed E-state index contributed by atoms with van der Waals surface area (Å²) in [6, 6.07) is 8.45. The lowest BCUT2D eigenvalue weighted by atomic mass is 9.86. The zero-order chi connectivity index (χ0) is 17.7. The Bertz CT molecular complexity index is 495. The predicted molar refractivity (Wildman–Crippen MR) is 93.7 cm³/mol. The summed E-state index contributed by atoms with van der Waals surface area (Å²) in [5.74, 6) is -0.0250. The van der Waals surface area contributed by atoms with Crippen LogP contribution in [0, 0.1) is 5.92 Å². The maximum atomic E-state index is 11.7. The summed E-state index contributed by atoms with van der Waals surface area (Å²) in [5, 5.41) is 12.2. The van der Waals surface area contributed by atoms with Crippen molar-refractivity contribution in [2.24, 2.45) is 5.92 Å². The van der Waals surface area contributed by atoms with Gasteiger partial charge in [-0.3, -0.25) is 0 Å². The molecule has 0 heterocycles. The van der Waals surface area contributed by atoms with Gasteiger partial charge in [-0.25, -0.2) is 4.79 Å². The molecule has 0 spiro atoms. The topological polar surface area (TPSA) is 58.6 Å². The fraction of sp³-hybridized carbons (Fsp3) is 0.632. The number of amides is 1. The van der Waals surface area contributed by atoms with Gasteiger partial charge in [0.15, 0.2) is 0 Å². The number of hydrogen-bond acceptors (Lipinski definition) is 3. The SMILES string of the molecule is CC(C)(C)OC(=O)NCC(CO)Cc1ccc(C(C)(C)C)cc1. The third-order valence-electron chi connectivity index (χ3n) is 3.54. The molecule has 1 atom stereocenters. The first kappa shape index (κ1) is 19.5. The van der Waals surface area contributed by atoms with Crippen molar-refractivity contribution < 1.29 is 14.6 Å². The third-order valence-corrected chi connectivity index (χ3v) is 3.54. The first-order valence-electron chi connectivity index (χ1n) is 8.18. The summed E-state index contributed by atoms with van der Waals surface area (Å²) < 4.78 is 5.20. The standard InChI is InChI=1S/C19H31NO3/c1-18(2,3)16-9-7-14(8-10-16)11-15(13-21)12-20-17(22)23-19(4,5)6/h7-10,15,21H,11-13H2,1-6H3,(H,20,22). The van der Waals surface area contributed by atoms with E-state index in [2.05, 4.69) is 50.4 Å². The first-order valence-corrected chi connectivity index (χ1v) is 8.18. The Morgan fingerprint density at radius 3 is 2.13 bits per heavy atom. The average molecular weight is 321 g/mol. The molecule has 1 unspecified atom stereocenters. The number of rotatable bonds is 5. The molecule has 1 aromatic carbocycles. The number of hydrogen-bond donors (Lipinski definition) is 2. The van der Waals surface area contributed by atoms with Crippen molar-refractivity contribution in [3.05, 3.63) is 35.4 Å². The predicted octanol–water partition coefficient (Wildman–Crippen LogP) is 3.66. The highest BCUT2D eigenvalue weighted by Gasteiger charge is 2.18. The Kier molecular flexibility index (Phi) is 6.63. The van der Waals surface area contributed by atoms with E-state index < -0.39 is 11.7 Å². The number of carbonyl (C=O) groups is 1. The van der Waals surface area contributed by atoms with E-state index in [4.69, 9.17) is 4.74 Å². The van der Waals surface area contributed by atoms with Crippen molar-refractivity contribution in [2.45, 2.75) is 59.0 Å². The molecule has 1 amide bonds. The van der Waals surface area contributed by atoms with Crippen LogP contribution in [-0.4, -0.2) is 30.0 Å². The Labute approximate surface area is 140 Å². The molecular weight excluding hydrogens is 290 g/mol. The number of benzene rings is 1. The lowest BCUT2D eigenvalue weighted by Gasteiger charge is -2.22. The molecular formula is C19H31NO3. The van der Waals surface area contributed by atoms with E-state index in [1.807, 2.05) is 20.8 Å². The number of aliphatic hydroxyl groups excluding tert-OH is 1. The van der Waals surface area contributed by atoms with E-state index in [9.17, 15) is 9.90 Å². The summed E-state index contributed by atoms with van der Waals surface area (Å²) in [6.07, 6.45) is 0.274. The molecule has 4 nitrogen and oxygen atoms in total. The van der Waals surface area contributed by atoms with Gasteiger partial charge >= 0.3 is 6.09 Å². The van der Waals surface area contributed by atoms with Crippen LogP contribution in [0.25, 0.3) is 0 Å². The Morgan fingerprint density at radius 1 is 1.13 bits per heavy atom. The summed E-state index contributed by atoms with van der Waals surface area (Å²) in [5.41, 5.74) is 2.06. The largest absolute Gasteiger partial charge is 0.444 e. The minimum atomic E-state index is -0.512. The van der Waals surface area contributed by atoms with Gasteiger partial charge in [0.05, 0.1) is 0 Å². The molecule has 0 aliphatic rings. The molecule has 0 aromatic heterocycles. The van der Waals surface area contributed by atoms with E-state index in [1.54, 1.807) is 0 Å². The van der Waals surface area contributed by atoms with Crippen molar-refractivity contribution in [1.29, 1.82) is 0 Å². The number of alkyl carbamates (subject to hydrolysis) is 1. The monoisotopic (exact) mass is 321 g/mol. The van der Waals surface area contributed by atoms with Crippen molar-refractivity contribution in [2.75, 3.05) is 13.2 Å². The van der Waals surface area contributed by atoms with E-state index >= 15 is 0 Å². The third kappa shape index (κ3) is 7.51. The van der Waals surface area contributed by atoms with Crippen LogP contribution in [0.15, 0.2) is 24.3 Å². The van der Waals surface area contributed by atoms with E-state index in [0.29, 0.717) is 6.54 Å². The highest BCUT2D eigenvalue weighted by molar-refractivity contribution is 5.67. The molecule has 0 aliphatic carbocycles. The fourth-order valence-corrected chi connectivity index (χ4v) is 2.22. The van der Waals surface area contributed by atoms with Crippen molar-refractivity contribution in [3.63, 3.8) is 0 Å². The summed E-state index contributed by atoms with van der Waals surface area (Å²) in [4.78, 5) is 11.7. The van der Waals surface area contributed by atoms with Crippen molar-refractivity contribution in [3.8, 4) is 0 Å². The van der Waals surface area contributed by atoms with Gasteiger partial charge in [0.1, 0.15) is 5.60 Å². The van der Waals surface area contributed by atoms with Crippen LogP contribution in [0.1, 0.15) is 52.7 Å². The second kappa shape index (κ2) is 7.82. The maximum absolute atomic E-state index is 11.7. The molecule has 0 fully saturated rings. The minimum Gasteiger partial charge on any atom is -0.444 e. The normalized spacial score (nSPS) is 13.5. The highest BCUT2D eigenvalue weighted by Crippen LogP contribution is 2.22. The molecule has 4 heteroatoms. The molecule has 23 heavy (non-hydrogen) atoms. The second-order valence-electron chi connectivity index (χ2n) is 8.08. The van der Waals surface area contributed by atoms with E-state index in [-0.39, 0.29) is 17.9 Å². The molecule has 0 saturated carbocycles. The van der Waals surface area contributed by atoms with Gasteiger partial charge in [0.2, 0.25) is 0 Å². The Balaban J connectivity index is 2.55. The zero-order valence-corrected chi connectivity index (χ0v) is 15.3. The minimum absolute atomic E-state index is 0.0246. The first-order chi connectivity index (χ1) is 10.5. The molecule has 1 rings (SSSR count). The number of carbonyl (C=O) groups excluding carboxylic acids is 1. The van der Waals surface area contributed by atoms with Gasteiger partial charge in [-0.15, -0.1) is 0 Å². The van der Waals surface area contributed by atoms with Gasteiger partial charge in [-0.2, -0.15) is 0 Å². The lowest BCUT2D eigenvalue weighted by Crippen LogP contribution is -2.36. The number of ether oxygens (including phenoxy) is 1. The average Bonchev–Trinajstić information content (AvgIpc) is 2.41. The number of aliphatic hydroxyl groups is 1. The molecule has 0 radical (unpaired) electrons. The van der Waals surface area contributed by atoms with Crippen LogP contribution in [0.3, 0.4) is 0 Å². The molecule has 0 bridgehead atoms. The molecule has 1 aromatic rings. The summed E-state index contributed by atoms with van der Waals surface area (Å²) >= 11 is 0. The molecule has 2 N–H and O–H groups in total. The van der Waals surface area contributed by atoms with Gasteiger partial charge in [-0.1, -0.05) is 45.0 Å². The quantitative estimate of drug-likeness (QED) is 0.870. The molecule has 0 saturated heterocycles. The zero-order valence-electron chi connectivity index (χ0n) is 15.3. The molecule has 0 aliphatic heterocycles. The fourth-order valence-electron chi connectivity index (χ4n) is 2.22. The van der Waals surface area contributed by atoms with Crippen molar-refractivity contribution >= 4 is 6.09 Å². The van der Waals surface area contributed by atoms with Crippen LogP contribution in [0.5, 0.6) is 0 Å². The van der Waals surface area contributed by atoms with Crippen molar-refractivity contribution in [1.82, 2.24) is 5.32 Å². The van der Waals surface area contributed by atoms with Gasteiger partial charge in [0, 0.05) is 19.1 Å². The van der Waals surface area contributed by atoms with E-state index in [0.717, 1.165) is 12.0 Å². The van der Waals surface area contributed by atoms with Crippen LogP contribution in [0.2, 0.25) is 0 Å². The van der Waals surface area contributed by atoms with Gasteiger partial charge < -0.3 is 15.2 Å². The summed E-state index contributed by atoms with van der Waals surface area (Å²) in [7, 11) is 0. The van der Waals surface area contributed by atoms with E-state index in [1.165, 1.54) is 5.56 Å². The smallest absolute Gasteiger partial charge is 0.407 e. The highest BCUT2D eigenvalue weighted by atomic mass is 16.6. The Morgan fingerprint density at radius 2 is 1.70 bits per heavy atom. The lowest BCUT2D eigenvalue weighted by molar-refractivity contribution is 0.0512. The number of nitrogens with one attached hydrogen (secondary N) is 1. The summed E-state index contributed by atoms with van der Waals surface area (Å²) in [6.45, 7) is 12.5. The molecule has 130 valence electrons. The van der Waals surface area contributed by atoms with Gasteiger partial charge in [-0.05, 0) is 43.7 Å². The Hall–Kier alpha value is -1.55. The van der Waals surface area contributed by atoms with Crippen LogP contribution in [-0.2, 0) is 16.6 Å². The van der Waals surface area contributed by atoms with Gasteiger partial charge in [0.25, 0.3) is 0 Å². The maximum Gasteiger partial charge on any atom is 0.407 e. The van der Waals surface area contributed by atoms with Crippen LogP contribution in [0.4, 0.5) is 4.79 Å².